The number of rotatable bonds is 6. The molecule has 1 atom stereocenters. The lowest BCUT2D eigenvalue weighted by Gasteiger charge is -2.35. The summed E-state index contributed by atoms with van der Waals surface area (Å²) in [7, 11) is 0. The minimum absolute atomic E-state index is 0.279. The van der Waals surface area contributed by atoms with Crippen molar-refractivity contribution in [1.29, 1.82) is 0 Å². The highest BCUT2D eigenvalue weighted by molar-refractivity contribution is 5.42. The number of likely N-dealkylation sites (tertiary alicyclic amines) is 1. The van der Waals surface area contributed by atoms with E-state index >= 15 is 0 Å². The summed E-state index contributed by atoms with van der Waals surface area (Å²) in [5.41, 5.74) is 7.35. The number of anilines is 1. The SMILES string of the molecule is Nc1ccc(OCCN2CCCCC2Cc2ccccc2)c(F)c1. The van der Waals surface area contributed by atoms with Crippen molar-refractivity contribution >= 4 is 5.69 Å². The minimum atomic E-state index is -0.394. The number of halogens is 1. The lowest BCUT2D eigenvalue weighted by atomic mass is 9.96. The van der Waals surface area contributed by atoms with Gasteiger partial charge in [0.1, 0.15) is 6.61 Å². The first-order chi connectivity index (χ1) is 11.7. The number of nitrogens with zero attached hydrogens (tertiary/aromatic N) is 1. The highest BCUT2D eigenvalue weighted by atomic mass is 19.1. The molecular formula is C20H25FN2O. The first kappa shape index (κ1) is 16.8. The van der Waals surface area contributed by atoms with Crippen molar-refractivity contribution in [3.05, 3.63) is 59.9 Å². The third-order valence-corrected chi connectivity index (χ3v) is 4.66. The minimum Gasteiger partial charge on any atom is -0.489 e. The quantitative estimate of drug-likeness (QED) is 0.818. The number of nitrogens with two attached hydrogens (primary N) is 1. The molecule has 0 saturated carbocycles. The second-order valence-corrected chi connectivity index (χ2v) is 6.41. The summed E-state index contributed by atoms with van der Waals surface area (Å²) in [6, 6.07) is 15.7. The van der Waals surface area contributed by atoms with Crippen LogP contribution >= 0.6 is 0 Å². The van der Waals surface area contributed by atoms with Crippen LogP contribution in [0.2, 0.25) is 0 Å². The topological polar surface area (TPSA) is 38.5 Å². The number of nitrogen functional groups attached to an aromatic ring is 1. The van der Waals surface area contributed by atoms with Crippen molar-refractivity contribution in [2.75, 3.05) is 25.4 Å². The van der Waals surface area contributed by atoms with Gasteiger partial charge in [-0.25, -0.2) is 4.39 Å². The van der Waals surface area contributed by atoms with Crippen LogP contribution in [0.3, 0.4) is 0 Å². The standard InChI is InChI=1S/C20H25FN2O/c21-19-15-17(22)9-10-20(19)24-13-12-23-11-5-4-8-18(23)14-16-6-2-1-3-7-16/h1-3,6-7,9-10,15,18H,4-5,8,11-14,22H2. The van der Waals surface area contributed by atoms with Crippen molar-refractivity contribution < 1.29 is 9.13 Å². The van der Waals surface area contributed by atoms with E-state index in [1.807, 2.05) is 0 Å². The smallest absolute Gasteiger partial charge is 0.167 e. The Morgan fingerprint density at radius 1 is 1.12 bits per heavy atom. The fraction of sp³-hybridized carbons (Fsp3) is 0.400. The molecule has 1 aliphatic heterocycles. The molecule has 2 aromatic carbocycles. The second kappa shape index (κ2) is 8.15. The normalized spacial score (nSPS) is 18.5. The van der Waals surface area contributed by atoms with Gasteiger partial charge in [0.05, 0.1) is 0 Å². The van der Waals surface area contributed by atoms with Gasteiger partial charge in [-0.1, -0.05) is 36.8 Å². The Morgan fingerprint density at radius 2 is 1.96 bits per heavy atom. The molecule has 128 valence electrons. The van der Waals surface area contributed by atoms with Gasteiger partial charge < -0.3 is 10.5 Å². The molecule has 3 rings (SSSR count). The first-order valence-corrected chi connectivity index (χ1v) is 8.68. The number of piperidine rings is 1. The second-order valence-electron chi connectivity index (χ2n) is 6.41. The van der Waals surface area contributed by atoms with E-state index in [1.165, 1.54) is 30.9 Å². The molecule has 0 aliphatic carbocycles. The largest absolute Gasteiger partial charge is 0.489 e. The maximum Gasteiger partial charge on any atom is 0.167 e. The average molecular weight is 328 g/mol. The molecule has 0 aromatic heterocycles. The van der Waals surface area contributed by atoms with E-state index in [0.29, 0.717) is 18.3 Å². The summed E-state index contributed by atoms with van der Waals surface area (Å²) >= 11 is 0. The zero-order valence-electron chi connectivity index (χ0n) is 14.0. The fourth-order valence-corrected chi connectivity index (χ4v) is 3.38. The van der Waals surface area contributed by atoms with E-state index in [2.05, 4.69) is 35.2 Å². The third-order valence-electron chi connectivity index (χ3n) is 4.66. The van der Waals surface area contributed by atoms with E-state index in [-0.39, 0.29) is 5.75 Å². The summed E-state index contributed by atoms with van der Waals surface area (Å²) in [5, 5.41) is 0. The summed E-state index contributed by atoms with van der Waals surface area (Å²) < 4.78 is 19.4. The van der Waals surface area contributed by atoms with Crippen molar-refractivity contribution in [2.24, 2.45) is 0 Å². The van der Waals surface area contributed by atoms with Crippen LogP contribution in [0, 0.1) is 5.82 Å². The van der Waals surface area contributed by atoms with Crippen LogP contribution in [0.25, 0.3) is 0 Å². The van der Waals surface area contributed by atoms with Gasteiger partial charge in [-0.15, -0.1) is 0 Å². The predicted molar refractivity (Wildman–Crippen MR) is 95.7 cm³/mol. The molecule has 24 heavy (non-hydrogen) atoms. The molecule has 3 nitrogen and oxygen atoms in total. The zero-order valence-corrected chi connectivity index (χ0v) is 14.0. The molecule has 1 fully saturated rings. The van der Waals surface area contributed by atoms with E-state index in [1.54, 1.807) is 12.1 Å². The van der Waals surface area contributed by atoms with Gasteiger partial charge in [-0.2, -0.15) is 0 Å². The summed E-state index contributed by atoms with van der Waals surface area (Å²) in [4.78, 5) is 2.48. The fourth-order valence-electron chi connectivity index (χ4n) is 3.38. The van der Waals surface area contributed by atoms with Crippen molar-refractivity contribution in [3.8, 4) is 5.75 Å². The highest BCUT2D eigenvalue weighted by Crippen LogP contribution is 2.22. The highest BCUT2D eigenvalue weighted by Gasteiger charge is 2.22. The molecule has 1 unspecified atom stereocenters. The first-order valence-electron chi connectivity index (χ1n) is 8.68. The van der Waals surface area contributed by atoms with Crippen molar-refractivity contribution in [1.82, 2.24) is 4.90 Å². The van der Waals surface area contributed by atoms with Gasteiger partial charge in [0.15, 0.2) is 11.6 Å². The van der Waals surface area contributed by atoms with Gasteiger partial charge in [0, 0.05) is 24.3 Å². The molecular weight excluding hydrogens is 303 g/mol. The van der Waals surface area contributed by atoms with Gasteiger partial charge in [0.25, 0.3) is 0 Å². The molecule has 0 amide bonds. The lowest BCUT2D eigenvalue weighted by Crippen LogP contribution is -2.43. The molecule has 0 spiro atoms. The van der Waals surface area contributed by atoms with E-state index in [4.69, 9.17) is 10.5 Å². The van der Waals surface area contributed by atoms with Gasteiger partial charge in [0.2, 0.25) is 0 Å². The molecule has 4 heteroatoms. The molecule has 1 saturated heterocycles. The van der Waals surface area contributed by atoms with E-state index in [0.717, 1.165) is 19.5 Å². The van der Waals surface area contributed by atoms with Crippen molar-refractivity contribution in [3.63, 3.8) is 0 Å². The molecule has 2 N–H and O–H groups in total. The molecule has 0 radical (unpaired) electrons. The zero-order chi connectivity index (χ0) is 16.8. The Balaban J connectivity index is 1.54. The molecule has 0 bridgehead atoms. The van der Waals surface area contributed by atoms with E-state index < -0.39 is 5.82 Å². The van der Waals surface area contributed by atoms with Crippen LogP contribution in [0.5, 0.6) is 5.75 Å². The Kier molecular flexibility index (Phi) is 5.70. The van der Waals surface area contributed by atoms with Gasteiger partial charge in [-0.05, 0) is 43.5 Å². The average Bonchev–Trinajstić information content (AvgIpc) is 2.59. The Labute approximate surface area is 143 Å². The monoisotopic (exact) mass is 328 g/mol. The third kappa shape index (κ3) is 4.48. The number of ether oxygens (including phenoxy) is 1. The number of hydrogen-bond acceptors (Lipinski definition) is 3. The maximum atomic E-state index is 13.8. The van der Waals surface area contributed by atoms with Crippen LogP contribution in [-0.4, -0.2) is 30.6 Å². The Morgan fingerprint density at radius 3 is 2.75 bits per heavy atom. The number of hydrogen-bond donors (Lipinski definition) is 1. The van der Waals surface area contributed by atoms with Crippen molar-refractivity contribution in [2.45, 2.75) is 31.7 Å². The molecule has 1 aliphatic rings. The maximum absolute atomic E-state index is 13.8. The van der Waals surface area contributed by atoms with Crippen LogP contribution in [0.15, 0.2) is 48.5 Å². The molecule has 2 aromatic rings. The van der Waals surface area contributed by atoms with Crippen LogP contribution in [0.1, 0.15) is 24.8 Å². The lowest BCUT2D eigenvalue weighted by molar-refractivity contribution is 0.121. The summed E-state index contributed by atoms with van der Waals surface area (Å²) in [5.74, 6) is -0.115. The summed E-state index contributed by atoms with van der Waals surface area (Å²) in [6.07, 6.45) is 4.78. The predicted octanol–water partition coefficient (Wildman–Crippen LogP) is 3.88. The van der Waals surface area contributed by atoms with Gasteiger partial charge >= 0.3 is 0 Å². The Bertz CT molecular complexity index is 647. The Hall–Kier alpha value is -2.07. The summed E-state index contributed by atoms with van der Waals surface area (Å²) in [6.45, 7) is 2.40. The van der Waals surface area contributed by atoms with Crippen LogP contribution in [0.4, 0.5) is 10.1 Å². The van der Waals surface area contributed by atoms with E-state index in [9.17, 15) is 4.39 Å². The van der Waals surface area contributed by atoms with Gasteiger partial charge in [-0.3, -0.25) is 4.90 Å². The number of benzene rings is 2. The van der Waals surface area contributed by atoms with Crippen LogP contribution in [-0.2, 0) is 6.42 Å². The molecule has 1 heterocycles. The van der Waals surface area contributed by atoms with Crippen LogP contribution < -0.4 is 10.5 Å².